The number of hydrogen-bond acceptors (Lipinski definition) is 2. The molecular formula is C3H10B2O2. The third-order valence-electron chi connectivity index (χ3n) is 1.05. The number of aliphatic hydroxyl groups is 1. The average molecular weight is 99.7 g/mol. The van der Waals surface area contributed by atoms with Gasteiger partial charge in [-0.2, -0.15) is 0 Å². The fourth-order valence-corrected chi connectivity index (χ4v) is 0.197. The quantitative estimate of drug-likeness (QED) is 0.390. The van der Waals surface area contributed by atoms with Gasteiger partial charge < -0.3 is 9.84 Å². The lowest BCUT2D eigenvalue weighted by Gasteiger charge is -2.10. The van der Waals surface area contributed by atoms with Crippen LogP contribution in [0.4, 0.5) is 0 Å². The van der Waals surface area contributed by atoms with Crippen LogP contribution in [0.5, 0.6) is 0 Å². The van der Waals surface area contributed by atoms with Crippen LogP contribution < -0.4 is 0 Å². The molecule has 0 radical (unpaired) electrons. The third kappa shape index (κ3) is 2.71. The maximum absolute atomic E-state index is 8.70. The van der Waals surface area contributed by atoms with E-state index in [0.29, 0.717) is 0 Å². The number of hydrogen-bond donors (Lipinski definition) is 1. The lowest BCUT2D eigenvalue weighted by molar-refractivity contribution is 0.0814. The summed E-state index contributed by atoms with van der Waals surface area (Å²) in [6, 6.07) is -0.398. The SMILES string of the molecule is BC(O)C(B)OC. The van der Waals surface area contributed by atoms with E-state index in [1.165, 1.54) is 0 Å². The second-order valence-electron chi connectivity index (χ2n) is 1.68. The first-order chi connectivity index (χ1) is 3.18. The average Bonchev–Trinajstić information content (AvgIpc) is 1.65. The van der Waals surface area contributed by atoms with Crippen molar-refractivity contribution in [3.8, 4) is 0 Å². The number of aliphatic hydroxyl groups excluding tert-OH is 1. The molecule has 0 aliphatic heterocycles. The van der Waals surface area contributed by atoms with E-state index in [0.717, 1.165) is 0 Å². The summed E-state index contributed by atoms with van der Waals surface area (Å²) in [6.45, 7) is 0. The highest BCUT2D eigenvalue weighted by Gasteiger charge is 2.04. The van der Waals surface area contributed by atoms with Crippen molar-refractivity contribution < 1.29 is 9.84 Å². The molecule has 0 aliphatic carbocycles. The number of ether oxygens (including phenoxy) is 1. The van der Waals surface area contributed by atoms with Crippen molar-refractivity contribution in [1.29, 1.82) is 0 Å². The van der Waals surface area contributed by atoms with E-state index < -0.39 is 0 Å². The molecule has 2 nitrogen and oxygen atoms in total. The van der Waals surface area contributed by atoms with Crippen molar-refractivity contribution in [3.05, 3.63) is 0 Å². The first kappa shape index (κ1) is 7.05. The zero-order valence-corrected chi connectivity index (χ0v) is 5.01. The van der Waals surface area contributed by atoms with Gasteiger partial charge in [0.2, 0.25) is 0 Å². The predicted octanol–water partition coefficient (Wildman–Crippen LogP) is -2.46. The molecule has 0 aromatic rings. The molecule has 0 saturated heterocycles. The smallest absolute Gasteiger partial charge is 0.141 e. The van der Waals surface area contributed by atoms with Gasteiger partial charge in [-0.05, 0) is 0 Å². The molecule has 0 saturated carbocycles. The third-order valence-corrected chi connectivity index (χ3v) is 1.05. The van der Waals surface area contributed by atoms with Gasteiger partial charge in [0.05, 0.1) is 0 Å². The molecule has 0 aromatic heterocycles. The largest absolute Gasteiger partial charge is 0.400 e. The molecule has 0 aromatic carbocycles. The van der Waals surface area contributed by atoms with Crippen LogP contribution in [-0.2, 0) is 4.74 Å². The van der Waals surface area contributed by atoms with Gasteiger partial charge in [-0.25, -0.2) is 0 Å². The lowest BCUT2D eigenvalue weighted by Crippen LogP contribution is -2.27. The summed E-state index contributed by atoms with van der Waals surface area (Å²) < 4.78 is 4.76. The normalized spacial score (nSPS) is 18.6. The van der Waals surface area contributed by atoms with Crippen molar-refractivity contribution in [1.82, 2.24) is 0 Å². The highest BCUT2D eigenvalue weighted by atomic mass is 16.5. The Hall–Kier alpha value is 0.0499. The van der Waals surface area contributed by atoms with Crippen LogP contribution in [0.3, 0.4) is 0 Å². The van der Waals surface area contributed by atoms with Gasteiger partial charge in [-0.15, -0.1) is 0 Å². The Morgan fingerprint density at radius 3 is 2.00 bits per heavy atom. The molecule has 0 spiro atoms. The minimum Gasteiger partial charge on any atom is -0.400 e. The summed E-state index contributed by atoms with van der Waals surface area (Å²) in [6.07, 6.45) is 0. The zero-order chi connectivity index (χ0) is 5.86. The van der Waals surface area contributed by atoms with Crippen molar-refractivity contribution in [2.24, 2.45) is 0 Å². The minimum absolute atomic E-state index is 0.0417. The number of rotatable bonds is 2. The second kappa shape index (κ2) is 3.10. The molecule has 40 valence electrons. The molecule has 0 fully saturated rings. The van der Waals surface area contributed by atoms with Crippen molar-refractivity contribution >= 4 is 15.7 Å². The maximum Gasteiger partial charge on any atom is 0.141 e. The maximum atomic E-state index is 8.70. The molecule has 0 heterocycles. The molecule has 4 heteroatoms. The van der Waals surface area contributed by atoms with Crippen LogP contribution >= 0.6 is 0 Å². The molecular weight excluding hydrogens is 89.7 g/mol. The predicted molar refractivity (Wildman–Crippen MR) is 33.9 cm³/mol. The van der Waals surface area contributed by atoms with Gasteiger partial charge >= 0.3 is 0 Å². The molecule has 0 aliphatic rings. The Labute approximate surface area is 45.7 Å². The van der Waals surface area contributed by atoms with Crippen LogP contribution in [0.1, 0.15) is 0 Å². The Bertz CT molecular complexity index is 48.2. The van der Waals surface area contributed by atoms with E-state index in [1.807, 2.05) is 7.85 Å². The Morgan fingerprint density at radius 1 is 1.57 bits per heavy atom. The van der Waals surface area contributed by atoms with Gasteiger partial charge in [-0.1, -0.05) is 0 Å². The summed E-state index contributed by atoms with van der Waals surface area (Å²) in [5.41, 5.74) is 0. The van der Waals surface area contributed by atoms with Gasteiger partial charge in [0.15, 0.2) is 0 Å². The van der Waals surface area contributed by atoms with Crippen molar-refractivity contribution in [2.45, 2.75) is 12.0 Å². The van der Waals surface area contributed by atoms with E-state index in [1.54, 1.807) is 15.0 Å². The van der Waals surface area contributed by atoms with Crippen molar-refractivity contribution in [3.63, 3.8) is 0 Å². The molecule has 0 bridgehead atoms. The standard InChI is InChI=1S/C3H10B2O2/c1-7-3(5)2(4)6/h2-3,6H,4-5H2,1H3. The van der Waals surface area contributed by atoms with E-state index in [4.69, 9.17) is 9.84 Å². The van der Waals surface area contributed by atoms with Crippen LogP contribution in [0.25, 0.3) is 0 Å². The number of methoxy groups -OCH3 is 1. The van der Waals surface area contributed by atoms with Gasteiger partial charge in [0.25, 0.3) is 0 Å². The van der Waals surface area contributed by atoms with E-state index in [-0.39, 0.29) is 12.0 Å². The summed E-state index contributed by atoms with van der Waals surface area (Å²) in [4.78, 5) is 0. The highest BCUT2D eigenvalue weighted by molar-refractivity contribution is 6.20. The fourth-order valence-electron chi connectivity index (χ4n) is 0.197. The van der Waals surface area contributed by atoms with Crippen LogP contribution in [0.15, 0.2) is 0 Å². The summed E-state index contributed by atoms with van der Waals surface area (Å²) >= 11 is 0. The highest BCUT2D eigenvalue weighted by Crippen LogP contribution is 1.84. The zero-order valence-electron chi connectivity index (χ0n) is 5.01. The first-order valence-electron chi connectivity index (χ1n) is 2.39. The monoisotopic (exact) mass is 100 g/mol. The van der Waals surface area contributed by atoms with Crippen molar-refractivity contribution in [2.75, 3.05) is 7.11 Å². The summed E-state index contributed by atoms with van der Waals surface area (Å²) in [5, 5.41) is 8.70. The van der Waals surface area contributed by atoms with Gasteiger partial charge in [0, 0.05) is 19.1 Å². The van der Waals surface area contributed by atoms with Gasteiger partial charge in [-0.3, -0.25) is 0 Å². The summed E-state index contributed by atoms with van der Waals surface area (Å²) in [7, 11) is 5.11. The second-order valence-corrected chi connectivity index (χ2v) is 1.68. The van der Waals surface area contributed by atoms with Gasteiger partial charge in [0.1, 0.15) is 15.7 Å². The summed E-state index contributed by atoms with van der Waals surface area (Å²) in [5.74, 6) is 0. The van der Waals surface area contributed by atoms with Crippen LogP contribution in [0.2, 0.25) is 0 Å². The molecule has 0 rings (SSSR count). The molecule has 2 atom stereocenters. The Kier molecular flexibility index (Phi) is 3.13. The fraction of sp³-hybridized carbons (Fsp3) is 1.00. The molecule has 0 amide bonds. The molecule has 2 unspecified atom stereocenters. The topological polar surface area (TPSA) is 29.5 Å². The Balaban J connectivity index is 3.14. The lowest BCUT2D eigenvalue weighted by atomic mass is 9.83. The minimum atomic E-state index is -0.356. The van der Waals surface area contributed by atoms with E-state index >= 15 is 0 Å². The molecule has 7 heavy (non-hydrogen) atoms. The van der Waals surface area contributed by atoms with E-state index in [2.05, 4.69) is 0 Å². The first-order valence-corrected chi connectivity index (χ1v) is 2.39. The molecule has 1 N–H and O–H groups in total. The van der Waals surface area contributed by atoms with Crippen LogP contribution in [0, 0.1) is 0 Å². The Morgan fingerprint density at radius 2 is 2.00 bits per heavy atom. The van der Waals surface area contributed by atoms with Crippen LogP contribution in [-0.4, -0.2) is 39.9 Å². The van der Waals surface area contributed by atoms with E-state index in [9.17, 15) is 0 Å².